The van der Waals surface area contributed by atoms with Crippen molar-refractivity contribution in [2.45, 2.75) is 6.18 Å². The van der Waals surface area contributed by atoms with Crippen LogP contribution in [0.4, 0.5) is 17.6 Å². The van der Waals surface area contributed by atoms with Crippen LogP contribution in [0.25, 0.3) is 0 Å². The molecule has 0 fully saturated rings. The Morgan fingerprint density at radius 3 is 2.38 bits per heavy atom. The van der Waals surface area contributed by atoms with Crippen LogP contribution in [-0.2, 0) is 6.18 Å². The van der Waals surface area contributed by atoms with Crippen molar-refractivity contribution in [1.29, 1.82) is 0 Å². The van der Waals surface area contributed by atoms with E-state index in [9.17, 15) is 22.4 Å². The number of aldehydes is 1. The molecule has 0 atom stereocenters. The Balaban J connectivity index is 2.43. The van der Waals surface area contributed by atoms with Gasteiger partial charge in [-0.2, -0.15) is 13.2 Å². The minimum Gasteiger partial charge on any atom is -0.457 e. The van der Waals surface area contributed by atoms with Crippen LogP contribution in [0.2, 0.25) is 0 Å². The molecular weight excluding hydrogens is 356 g/mol. The van der Waals surface area contributed by atoms with Gasteiger partial charge in [-0.25, -0.2) is 4.39 Å². The largest absolute Gasteiger partial charge is 0.457 e. The molecule has 2 aromatic rings. The first kappa shape index (κ1) is 15.5. The number of benzene rings is 2. The van der Waals surface area contributed by atoms with Crippen molar-refractivity contribution < 1.29 is 27.1 Å². The van der Waals surface area contributed by atoms with Gasteiger partial charge in [-0.05, 0) is 52.3 Å². The SMILES string of the molecule is O=Cc1ccc(Oc2ccc(F)c(Br)c2)c(C(F)(F)F)c1. The van der Waals surface area contributed by atoms with E-state index in [0.29, 0.717) is 12.4 Å². The van der Waals surface area contributed by atoms with E-state index in [1.54, 1.807) is 0 Å². The Bertz CT molecular complexity index is 683. The fourth-order valence-electron chi connectivity index (χ4n) is 1.60. The lowest BCUT2D eigenvalue weighted by atomic mass is 10.1. The summed E-state index contributed by atoms with van der Waals surface area (Å²) in [6, 6.07) is 6.42. The van der Waals surface area contributed by atoms with Gasteiger partial charge in [0.15, 0.2) is 0 Å². The molecule has 0 heterocycles. The summed E-state index contributed by atoms with van der Waals surface area (Å²) in [6.07, 6.45) is -4.36. The highest BCUT2D eigenvalue weighted by atomic mass is 79.9. The number of carbonyl (C=O) groups excluding carboxylic acids is 1. The Labute approximate surface area is 125 Å². The van der Waals surface area contributed by atoms with Gasteiger partial charge < -0.3 is 4.74 Å². The fraction of sp³-hybridized carbons (Fsp3) is 0.0714. The Kier molecular flexibility index (Phi) is 4.32. The second kappa shape index (κ2) is 5.85. The second-order valence-electron chi connectivity index (χ2n) is 4.05. The fourth-order valence-corrected chi connectivity index (χ4v) is 1.96. The van der Waals surface area contributed by atoms with Gasteiger partial charge >= 0.3 is 6.18 Å². The molecule has 0 unspecified atom stereocenters. The topological polar surface area (TPSA) is 26.3 Å². The van der Waals surface area contributed by atoms with Crippen LogP contribution in [0.3, 0.4) is 0 Å². The molecule has 0 aliphatic rings. The van der Waals surface area contributed by atoms with Crippen LogP contribution in [0.1, 0.15) is 15.9 Å². The summed E-state index contributed by atoms with van der Waals surface area (Å²) in [5.74, 6) is -0.992. The zero-order valence-corrected chi connectivity index (χ0v) is 11.8. The van der Waals surface area contributed by atoms with Gasteiger partial charge in [0.05, 0.1) is 10.0 Å². The molecule has 2 aromatic carbocycles. The molecule has 0 amide bonds. The zero-order chi connectivity index (χ0) is 15.6. The molecule has 0 radical (unpaired) electrons. The number of halogens is 5. The highest BCUT2D eigenvalue weighted by molar-refractivity contribution is 9.10. The number of alkyl halides is 3. The van der Waals surface area contributed by atoms with Crippen LogP contribution in [-0.4, -0.2) is 6.29 Å². The molecule has 0 spiro atoms. The number of hydrogen-bond acceptors (Lipinski definition) is 2. The third-order valence-electron chi connectivity index (χ3n) is 2.56. The van der Waals surface area contributed by atoms with Crippen molar-refractivity contribution in [3.8, 4) is 11.5 Å². The van der Waals surface area contributed by atoms with Gasteiger partial charge in [0.1, 0.15) is 23.6 Å². The maximum Gasteiger partial charge on any atom is 0.420 e. The Hall–Kier alpha value is -1.89. The zero-order valence-electron chi connectivity index (χ0n) is 10.2. The minimum atomic E-state index is -4.67. The first-order chi connectivity index (χ1) is 9.81. The average Bonchev–Trinajstić information content (AvgIpc) is 2.42. The standard InChI is InChI=1S/C14H7BrF4O2/c15-11-6-9(2-3-12(11)16)21-13-4-1-8(7-20)5-10(13)14(17,18)19/h1-7H. The summed E-state index contributed by atoms with van der Waals surface area (Å²) in [7, 11) is 0. The number of rotatable bonds is 3. The molecule has 0 bridgehead atoms. The minimum absolute atomic E-state index is 0.0348. The quantitative estimate of drug-likeness (QED) is 0.553. The van der Waals surface area contributed by atoms with Crippen LogP contribution in [0, 0.1) is 5.82 Å². The summed E-state index contributed by atoms with van der Waals surface area (Å²) < 4.78 is 57.1. The lowest BCUT2D eigenvalue weighted by Gasteiger charge is -2.14. The molecule has 110 valence electrons. The van der Waals surface area contributed by atoms with Gasteiger partial charge in [0.25, 0.3) is 0 Å². The van der Waals surface area contributed by atoms with E-state index < -0.39 is 23.3 Å². The highest BCUT2D eigenvalue weighted by Crippen LogP contribution is 2.39. The first-order valence-corrected chi connectivity index (χ1v) is 6.40. The molecule has 2 rings (SSSR count). The lowest BCUT2D eigenvalue weighted by molar-refractivity contribution is -0.138. The smallest absolute Gasteiger partial charge is 0.420 e. The average molecular weight is 363 g/mol. The highest BCUT2D eigenvalue weighted by Gasteiger charge is 2.35. The molecular formula is C14H7BrF4O2. The van der Waals surface area contributed by atoms with Crippen molar-refractivity contribution >= 4 is 22.2 Å². The van der Waals surface area contributed by atoms with Gasteiger partial charge in [-0.3, -0.25) is 4.79 Å². The molecule has 0 saturated carbocycles. The third-order valence-corrected chi connectivity index (χ3v) is 3.17. The predicted octanol–water partition coefficient (Wildman–Crippen LogP) is 5.21. The summed E-state index contributed by atoms with van der Waals surface area (Å²) in [4.78, 5) is 10.6. The maximum atomic E-state index is 13.1. The van der Waals surface area contributed by atoms with E-state index in [2.05, 4.69) is 15.9 Å². The molecule has 0 saturated heterocycles. The van der Waals surface area contributed by atoms with Crippen LogP contribution in [0.15, 0.2) is 40.9 Å². The lowest BCUT2D eigenvalue weighted by Crippen LogP contribution is -2.08. The summed E-state index contributed by atoms with van der Waals surface area (Å²) in [6.45, 7) is 0. The number of carbonyl (C=O) groups is 1. The van der Waals surface area contributed by atoms with E-state index in [-0.39, 0.29) is 15.8 Å². The van der Waals surface area contributed by atoms with E-state index in [1.165, 1.54) is 18.2 Å². The Morgan fingerprint density at radius 2 is 1.81 bits per heavy atom. The molecule has 0 aliphatic carbocycles. The third kappa shape index (κ3) is 3.60. The molecule has 0 N–H and O–H groups in total. The van der Waals surface area contributed by atoms with E-state index in [4.69, 9.17) is 4.74 Å². The van der Waals surface area contributed by atoms with E-state index in [0.717, 1.165) is 12.1 Å². The molecule has 0 aromatic heterocycles. The van der Waals surface area contributed by atoms with Crippen molar-refractivity contribution in [2.75, 3.05) is 0 Å². The van der Waals surface area contributed by atoms with Crippen LogP contribution >= 0.6 is 15.9 Å². The molecule has 21 heavy (non-hydrogen) atoms. The van der Waals surface area contributed by atoms with Crippen molar-refractivity contribution in [2.24, 2.45) is 0 Å². The first-order valence-electron chi connectivity index (χ1n) is 5.60. The van der Waals surface area contributed by atoms with Crippen molar-refractivity contribution in [1.82, 2.24) is 0 Å². The van der Waals surface area contributed by atoms with Crippen molar-refractivity contribution in [3.63, 3.8) is 0 Å². The van der Waals surface area contributed by atoms with Gasteiger partial charge in [0, 0.05) is 5.56 Å². The summed E-state index contributed by atoms with van der Waals surface area (Å²) >= 11 is 2.92. The number of ether oxygens (including phenoxy) is 1. The Morgan fingerprint density at radius 1 is 1.10 bits per heavy atom. The van der Waals surface area contributed by atoms with E-state index in [1.807, 2.05) is 0 Å². The van der Waals surface area contributed by atoms with Gasteiger partial charge in [0.2, 0.25) is 0 Å². The number of hydrogen-bond donors (Lipinski definition) is 0. The monoisotopic (exact) mass is 362 g/mol. The van der Waals surface area contributed by atoms with Gasteiger partial charge in [-0.1, -0.05) is 0 Å². The van der Waals surface area contributed by atoms with Crippen LogP contribution in [0.5, 0.6) is 11.5 Å². The summed E-state index contributed by atoms with van der Waals surface area (Å²) in [5.41, 5.74) is -1.19. The van der Waals surface area contributed by atoms with Gasteiger partial charge in [-0.15, -0.1) is 0 Å². The predicted molar refractivity (Wildman–Crippen MR) is 71.0 cm³/mol. The molecule has 7 heteroatoms. The normalized spacial score (nSPS) is 11.3. The molecule has 2 nitrogen and oxygen atoms in total. The maximum absolute atomic E-state index is 13.1. The summed E-state index contributed by atoms with van der Waals surface area (Å²) in [5, 5.41) is 0. The van der Waals surface area contributed by atoms with E-state index >= 15 is 0 Å². The second-order valence-corrected chi connectivity index (χ2v) is 4.90. The van der Waals surface area contributed by atoms with Crippen molar-refractivity contribution in [3.05, 3.63) is 57.8 Å². The van der Waals surface area contributed by atoms with Crippen LogP contribution < -0.4 is 4.74 Å². The molecule has 0 aliphatic heterocycles.